The van der Waals surface area contributed by atoms with Gasteiger partial charge in [-0.3, -0.25) is 0 Å². The minimum atomic E-state index is 0. The Labute approximate surface area is 172 Å². The second-order valence-corrected chi connectivity index (χ2v) is 6.21. The summed E-state index contributed by atoms with van der Waals surface area (Å²) in [6, 6.07) is 8.42. The van der Waals surface area contributed by atoms with Crippen molar-refractivity contribution in [3.63, 3.8) is 0 Å². The van der Waals surface area contributed by atoms with Crippen LogP contribution >= 0.6 is 24.0 Å². The van der Waals surface area contributed by atoms with Crippen molar-refractivity contribution < 1.29 is 4.74 Å². The zero-order chi connectivity index (χ0) is 18.2. The Kier molecular flexibility index (Phi) is 9.39. The van der Waals surface area contributed by atoms with E-state index in [0.717, 1.165) is 36.3 Å². The summed E-state index contributed by atoms with van der Waals surface area (Å²) in [6.45, 7) is 7.39. The van der Waals surface area contributed by atoms with Gasteiger partial charge in [0.2, 0.25) is 0 Å². The molecule has 1 heterocycles. The third-order valence-electron chi connectivity index (χ3n) is 3.85. The molecule has 2 rings (SSSR count). The molecule has 2 N–H and O–H groups in total. The van der Waals surface area contributed by atoms with Crippen LogP contribution in [0.15, 0.2) is 29.3 Å². The fourth-order valence-electron chi connectivity index (χ4n) is 2.28. The molecule has 0 atom stereocenters. The van der Waals surface area contributed by atoms with Crippen molar-refractivity contribution in [3.8, 4) is 5.75 Å². The van der Waals surface area contributed by atoms with E-state index in [1.165, 1.54) is 5.56 Å². The number of halogens is 1. The third kappa shape index (κ3) is 6.81. The van der Waals surface area contributed by atoms with E-state index in [9.17, 15) is 0 Å². The van der Waals surface area contributed by atoms with Gasteiger partial charge >= 0.3 is 0 Å². The molecule has 0 spiro atoms. The van der Waals surface area contributed by atoms with Gasteiger partial charge in [0.15, 0.2) is 11.8 Å². The quantitative estimate of drug-likeness (QED) is 0.368. The van der Waals surface area contributed by atoms with Crippen LogP contribution in [-0.2, 0) is 20.0 Å². The molecule has 0 aliphatic carbocycles. The number of methoxy groups -OCH3 is 1. The highest BCUT2D eigenvalue weighted by Crippen LogP contribution is 2.11. The minimum absolute atomic E-state index is 0. The number of aliphatic imine (C=N–C) groups is 1. The van der Waals surface area contributed by atoms with Crippen molar-refractivity contribution in [2.45, 2.75) is 39.8 Å². The number of nitrogens with zero attached hydrogens (tertiary/aromatic N) is 4. The lowest BCUT2D eigenvalue weighted by Gasteiger charge is -2.15. The van der Waals surface area contributed by atoms with Crippen LogP contribution in [0.3, 0.4) is 0 Å². The van der Waals surface area contributed by atoms with Gasteiger partial charge in [0, 0.05) is 19.6 Å². The van der Waals surface area contributed by atoms with E-state index in [0.29, 0.717) is 12.6 Å². The monoisotopic (exact) mass is 472 g/mol. The first-order valence-corrected chi connectivity index (χ1v) is 8.52. The Balaban J connectivity index is 0.00000338. The molecule has 7 nitrogen and oxygen atoms in total. The average molecular weight is 472 g/mol. The van der Waals surface area contributed by atoms with Crippen LogP contribution in [0.2, 0.25) is 0 Å². The lowest BCUT2D eigenvalue weighted by atomic mass is 10.1. The Morgan fingerprint density at radius 1 is 1.23 bits per heavy atom. The molecule has 0 bridgehead atoms. The summed E-state index contributed by atoms with van der Waals surface area (Å²) >= 11 is 0. The van der Waals surface area contributed by atoms with Crippen LogP contribution in [0.1, 0.15) is 31.1 Å². The maximum Gasteiger partial charge on any atom is 0.191 e. The molecule has 0 saturated heterocycles. The Bertz CT molecular complexity index is 696. The summed E-state index contributed by atoms with van der Waals surface area (Å²) in [4.78, 5) is 4.62. The maximum atomic E-state index is 5.18. The number of guanidine groups is 1. The molecule has 0 unspecified atom stereocenters. The van der Waals surface area contributed by atoms with E-state index in [1.54, 1.807) is 7.11 Å². The van der Waals surface area contributed by atoms with Crippen LogP contribution in [-0.4, -0.2) is 40.4 Å². The van der Waals surface area contributed by atoms with E-state index in [1.807, 2.05) is 30.7 Å². The smallest absolute Gasteiger partial charge is 0.191 e. The molecule has 8 heteroatoms. The van der Waals surface area contributed by atoms with Gasteiger partial charge in [-0.25, -0.2) is 4.99 Å². The van der Waals surface area contributed by atoms with Gasteiger partial charge in [-0.1, -0.05) is 12.1 Å². The summed E-state index contributed by atoms with van der Waals surface area (Å²) in [6.07, 6.45) is 0.909. The van der Waals surface area contributed by atoms with Crippen molar-refractivity contribution in [2.24, 2.45) is 12.0 Å². The topological polar surface area (TPSA) is 76.4 Å². The molecule has 0 aliphatic heterocycles. The fourth-order valence-corrected chi connectivity index (χ4v) is 2.28. The summed E-state index contributed by atoms with van der Waals surface area (Å²) in [5, 5.41) is 14.9. The molecule has 26 heavy (non-hydrogen) atoms. The van der Waals surface area contributed by atoms with E-state index in [4.69, 9.17) is 4.74 Å². The standard InChI is InChI=1S/C18H28N6O.HI/c1-13(2)21-18(20-12-17-23-22-14(3)24(17)4)19-11-10-15-6-8-16(25-5)9-7-15;/h6-9,13H,10-12H2,1-5H3,(H2,19,20,21);1H. The molecule has 1 aromatic heterocycles. The van der Waals surface area contributed by atoms with Gasteiger partial charge in [-0.05, 0) is 44.9 Å². The number of benzene rings is 1. The zero-order valence-electron chi connectivity index (χ0n) is 16.1. The van der Waals surface area contributed by atoms with Gasteiger partial charge in [-0.2, -0.15) is 0 Å². The average Bonchev–Trinajstić information content (AvgIpc) is 2.91. The predicted octanol–water partition coefficient (Wildman–Crippen LogP) is 2.44. The van der Waals surface area contributed by atoms with Crippen molar-refractivity contribution in [3.05, 3.63) is 41.5 Å². The number of rotatable bonds is 7. The number of hydrogen-bond donors (Lipinski definition) is 2. The Hall–Kier alpha value is -1.84. The Morgan fingerprint density at radius 3 is 2.46 bits per heavy atom. The van der Waals surface area contributed by atoms with Crippen molar-refractivity contribution in [1.82, 2.24) is 25.4 Å². The number of aromatic nitrogens is 3. The molecule has 0 fully saturated rings. The van der Waals surface area contributed by atoms with Gasteiger partial charge < -0.3 is 19.9 Å². The van der Waals surface area contributed by atoms with Crippen molar-refractivity contribution >= 4 is 29.9 Å². The number of hydrogen-bond acceptors (Lipinski definition) is 4. The molecular formula is C18H29IN6O. The molecule has 0 amide bonds. The molecule has 0 aliphatic rings. The van der Waals surface area contributed by atoms with Crippen LogP contribution in [0.4, 0.5) is 0 Å². The summed E-state index contributed by atoms with van der Waals surface area (Å²) in [5.41, 5.74) is 1.25. The van der Waals surface area contributed by atoms with E-state index >= 15 is 0 Å². The van der Waals surface area contributed by atoms with E-state index in [2.05, 4.69) is 51.8 Å². The van der Waals surface area contributed by atoms with Gasteiger partial charge in [0.05, 0.1) is 7.11 Å². The van der Waals surface area contributed by atoms with Crippen LogP contribution in [0.25, 0.3) is 0 Å². The zero-order valence-corrected chi connectivity index (χ0v) is 18.4. The highest BCUT2D eigenvalue weighted by molar-refractivity contribution is 14.0. The van der Waals surface area contributed by atoms with Gasteiger partial charge in [0.25, 0.3) is 0 Å². The SMILES string of the molecule is COc1ccc(CCNC(=NCc2nnc(C)n2C)NC(C)C)cc1.I. The molecule has 1 aromatic carbocycles. The van der Waals surface area contributed by atoms with Crippen molar-refractivity contribution in [1.29, 1.82) is 0 Å². The number of nitrogens with one attached hydrogen (secondary N) is 2. The summed E-state index contributed by atoms with van der Waals surface area (Å²) in [7, 11) is 3.63. The molecule has 0 radical (unpaired) electrons. The second kappa shape index (κ2) is 11.0. The largest absolute Gasteiger partial charge is 0.497 e. The highest BCUT2D eigenvalue weighted by atomic mass is 127. The number of ether oxygens (including phenoxy) is 1. The predicted molar refractivity (Wildman–Crippen MR) is 115 cm³/mol. The van der Waals surface area contributed by atoms with E-state index in [-0.39, 0.29) is 24.0 Å². The molecule has 0 saturated carbocycles. The van der Waals surface area contributed by atoms with Crippen LogP contribution < -0.4 is 15.4 Å². The number of aryl methyl sites for hydroxylation is 1. The molecule has 2 aromatic rings. The first-order chi connectivity index (χ1) is 12.0. The summed E-state index contributed by atoms with van der Waals surface area (Å²) in [5.74, 6) is 3.39. The Morgan fingerprint density at radius 2 is 1.92 bits per heavy atom. The second-order valence-electron chi connectivity index (χ2n) is 6.21. The van der Waals surface area contributed by atoms with Crippen LogP contribution in [0, 0.1) is 6.92 Å². The normalized spacial score (nSPS) is 11.2. The molecule has 144 valence electrons. The lowest BCUT2D eigenvalue weighted by Crippen LogP contribution is -2.42. The van der Waals surface area contributed by atoms with Gasteiger partial charge in [-0.15, -0.1) is 34.2 Å². The lowest BCUT2D eigenvalue weighted by molar-refractivity contribution is 0.414. The first-order valence-electron chi connectivity index (χ1n) is 8.52. The van der Waals surface area contributed by atoms with Crippen molar-refractivity contribution in [2.75, 3.05) is 13.7 Å². The fraction of sp³-hybridized carbons (Fsp3) is 0.500. The summed E-state index contributed by atoms with van der Waals surface area (Å²) < 4.78 is 7.14. The molecular weight excluding hydrogens is 443 g/mol. The minimum Gasteiger partial charge on any atom is -0.497 e. The van der Waals surface area contributed by atoms with Gasteiger partial charge in [0.1, 0.15) is 18.1 Å². The van der Waals surface area contributed by atoms with Crippen LogP contribution in [0.5, 0.6) is 5.75 Å². The maximum absolute atomic E-state index is 5.18. The highest BCUT2D eigenvalue weighted by Gasteiger charge is 2.06. The first kappa shape index (κ1) is 22.2. The third-order valence-corrected chi connectivity index (χ3v) is 3.85. The van der Waals surface area contributed by atoms with E-state index < -0.39 is 0 Å².